The summed E-state index contributed by atoms with van der Waals surface area (Å²) in [6.07, 6.45) is 1.80. The van der Waals surface area contributed by atoms with E-state index in [1.165, 1.54) is 29.5 Å². The van der Waals surface area contributed by atoms with Gasteiger partial charge in [-0.3, -0.25) is 9.78 Å². The SMILES string of the molecule is COCC(=O)Nc1ccc(N2C(=S)N[C@@H](c3ccccn3)[C@@H]2c2cc(C)n(-c3c(C)cc(C)cc3C)c2C)cc1Cl. The third kappa shape index (κ3) is 5.47. The minimum atomic E-state index is -0.275. The van der Waals surface area contributed by atoms with Crippen LogP contribution in [0.15, 0.2) is 60.8 Å². The Bertz CT molecular complexity index is 1610. The molecule has 0 unspecified atom stereocenters. The number of aromatic nitrogens is 2. The molecule has 0 bridgehead atoms. The smallest absolute Gasteiger partial charge is 0.250 e. The van der Waals surface area contributed by atoms with E-state index in [0.717, 1.165) is 28.3 Å². The van der Waals surface area contributed by atoms with E-state index in [-0.39, 0.29) is 24.6 Å². The van der Waals surface area contributed by atoms with Crippen molar-refractivity contribution in [2.24, 2.45) is 0 Å². The molecule has 4 aromatic rings. The molecule has 5 rings (SSSR count). The first-order chi connectivity index (χ1) is 19.6. The molecule has 7 nitrogen and oxygen atoms in total. The van der Waals surface area contributed by atoms with Gasteiger partial charge in [0.15, 0.2) is 5.11 Å². The molecular formula is C32H34ClN5O2S. The van der Waals surface area contributed by atoms with Crippen molar-refractivity contribution < 1.29 is 9.53 Å². The number of hydrogen-bond donors (Lipinski definition) is 2. The molecule has 212 valence electrons. The van der Waals surface area contributed by atoms with Crippen LogP contribution in [0.1, 0.15) is 51.4 Å². The summed E-state index contributed by atoms with van der Waals surface area (Å²) in [5.74, 6) is -0.275. The van der Waals surface area contributed by atoms with Gasteiger partial charge < -0.3 is 24.8 Å². The van der Waals surface area contributed by atoms with Crippen molar-refractivity contribution in [2.45, 2.75) is 46.7 Å². The highest BCUT2D eigenvalue weighted by Gasteiger charge is 2.42. The quantitative estimate of drug-likeness (QED) is 0.231. The van der Waals surface area contributed by atoms with E-state index < -0.39 is 0 Å². The second kappa shape index (κ2) is 11.6. The van der Waals surface area contributed by atoms with E-state index in [1.54, 1.807) is 12.3 Å². The lowest BCUT2D eigenvalue weighted by atomic mass is 9.96. The van der Waals surface area contributed by atoms with Crippen molar-refractivity contribution >= 4 is 46.2 Å². The summed E-state index contributed by atoms with van der Waals surface area (Å²) in [4.78, 5) is 18.9. The molecule has 0 spiro atoms. The first-order valence-electron chi connectivity index (χ1n) is 13.5. The highest BCUT2D eigenvalue weighted by Crippen LogP contribution is 2.45. The number of amides is 1. The van der Waals surface area contributed by atoms with Crippen molar-refractivity contribution in [3.63, 3.8) is 0 Å². The fourth-order valence-electron chi connectivity index (χ4n) is 5.98. The van der Waals surface area contributed by atoms with Gasteiger partial charge in [-0.2, -0.15) is 0 Å². The lowest BCUT2D eigenvalue weighted by molar-refractivity contribution is -0.119. The maximum absolute atomic E-state index is 12.1. The van der Waals surface area contributed by atoms with E-state index in [2.05, 4.69) is 72.9 Å². The van der Waals surface area contributed by atoms with Crippen LogP contribution < -0.4 is 15.5 Å². The fourth-order valence-corrected chi connectivity index (χ4v) is 6.55. The molecule has 9 heteroatoms. The lowest BCUT2D eigenvalue weighted by Gasteiger charge is -2.29. The summed E-state index contributed by atoms with van der Waals surface area (Å²) in [7, 11) is 1.47. The standard InChI is InChI=1S/C32H34ClN5O2S/c1-18-13-19(2)30(20(3)14-18)37-21(4)15-24(22(37)5)31-29(27-9-7-8-12-34-27)36-32(41)38(31)23-10-11-26(25(33)16-23)35-28(39)17-40-6/h7-16,29,31H,17H2,1-6H3,(H,35,39)(H,36,41)/t29-,31-/m0/s1. The number of hydrogen-bond acceptors (Lipinski definition) is 4. The zero-order valence-electron chi connectivity index (χ0n) is 24.1. The Morgan fingerprint density at radius 1 is 1.07 bits per heavy atom. The Labute approximate surface area is 251 Å². The number of pyridine rings is 1. The van der Waals surface area contributed by atoms with Crippen LogP contribution in [0.4, 0.5) is 11.4 Å². The third-order valence-electron chi connectivity index (χ3n) is 7.53. The number of carbonyl (C=O) groups is 1. The number of anilines is 2. The van der Waals surface area contributed by atoms with Gasteiger partial charge in [0, 0.05) is 30.4 Å². The van der Waals surface area contributed by atoms with E-state index in [1.807, 2.05) is 30.3 Å². The number of halogens is 1. The molecule has 2 aromatic heterocycles. The molecule has 2 aromatic carbocycles. The second-order valence-corrected chi connectivity index (χ2v) is 11.3. The molecule has 0 saturated carbocycles. The van der Waals surface area contributed by atoms with Crippen molar-refractivity contribution in [2.75, 3.05) is 23.9 Å². The van der Waals surface area contributed by atoms with Crippen molar-refractivity contribution in [3.05, 3.63) is 105 Å². The van der Waals surface area contributed by atoms with Crippen LogP contribution in [0.5, 0.6) is 0 Å². The monoisotopic (exact) mass is 587 g/mol. The van der Waals surface area contributed by atoms with Crippen LogP contribution in [0.3, 0.4) is 0 Å². The average molecular weight is 588 g/mol. The first-order valence-corrected chi connectivity index (χ1v) is 14.3. The number of ether oxygens (including phenoxy) is 1. The molecular weight excluding hydrogens is 554 g/mol. The van der Waals surface area contributed by atoms with Crippen LogP contribution in [-0.2, 0) is 9.53 Å². The third-order valence-corrected chi connectivity index (χ3v) is 8.15. The number of thiocarbonyl (C=S) groups is 1. The number of nitrogens with one attached hydrogen (secondary N) is 2. The highest BCUT2D eigenvalue weighted by molar-refractivity contribution is 7.80. The normalized spacial score (nSPS) is 16.7. The van der Waals surface area contributed by atoms with Gasteiger partial charge in [-0.05, 0) is 99.9 Å². The first kappa shape index (κ1) is 28.8. The topological polar surface area (TPSA) is 71.4 Å². The molecule has 3 heterocycles. The Morgan fingerprint density at radius 2 is 1.80 bits per heavy atom. The van der Waals surface area contributed by atoms with Crippen LogP contribution in [0.25, 0.3) is 5.69 Å². The molecule has 1 saturated heterocycles. The highest BCUT2D eigenvalue weighted by atomic mass is 35.5. The Balaban J connectivity index is 1.64. The van der Waals surface area contributed by atoms with Crippen molar-refractivity contribution in [1.29, 1.82) is 0 Å². The molecule has 1 fully saturated rings. The summed E-state index contributed by atoms with van der Waals surface area (Å²) >= 11 is 12.6. The number of rotatable bonds is 7. The molecule has 0 aliphatic carbocycles. The summed E-state index contributed by atoms with van der Waals surface area (Å²) < 4.78 is 7.27. The van der Waals surface area contributed by atoms with Gasteiger partial charge in [0.1, 0.15) is 6.61 Å². The van der Waals surface area contributed by atoms with Crippen LogP contribution >= 0.6 is 23.8 Å². The molecule has 41 heavy (non-hydrogen) atoms. The van der Waals surface area contributed by atoms with Crippen molar-refractivity contribution in [1.82, 2.24) is 14.9 Å². The maximum Gasteiger partial charge on any atom is 0.250 e. The molecule has 0 radical (unpaired) electrons. The van der Waals surface area contributed by atoms with Crippen LogP contribution in [0.2, 0.25) is 5.02 Å². The number of aryl methyl sites for hydroxylation is 4. The van der Waals surface area contributed by atoms with Crippen LogP contribution in [0, 0.1) is 34.6 Å². The largest absolute Gasteiger partial charge is 0.375 e. The van der Waals surface area contributed by atoms with Crippen LogP contribution in [-0.4, -0.2) is 34.3 Å². The second-order valence-electron chi connectivity index (χ2n) is 10.6. The predicted octanol–water partition coefficient (Wildman–Crippen LogP) is 6.83. The van der Waals surface area contributed by atoms with Gasteiger partial charge in [-0.15, -0.1) is 0 Å². The number of benzene rings is 2. The van der Waals surface area contributed by atoms with E-state index in [0.29, 0.717) is 15.8 Å². The minimum absolute atomic E-state index is 0.0540. The van der Waals surface area contributed by atoms with Gasteiger partial charge in [0.2, 0.25) is 5.91 Å². The number of methoxy groups -OCH3 is 1. The van der Waals surface area contributed by atoms with E-state index in [9.17, 15) is 4.79 Å². The zero-order valence-corrected chi connectivity index (χ0v) is 25.7. The van der Waals surface area contributed by atoms with Gasteiger partial charge >= 0.3 is 0 Å². The Hall–Kier alpha value is -3.72. The minimum Gasteiger partial charge on any atom is -0.375 e. The summed E-state index contributed by atoms with van der Waals surface area (Å²) in [5, 5.41) is 7.31. The van der Waals surface area contributed by atoms with E-state index in [4.69, 9.17) is 33.5 Å². The average Bonchev–Trinajstić information content (AvgIpc) is 3.41. The zero-order chi connectivity index (χ0) is 29.4. The van der Waals surface area contributed by atoms with Gasteiger partial charge in [0.25, 0.3) is 0 Å². The molecule has 1 amide bonds. The summed E-state index contributed by atoms with van der Waals surface area (Å²) in [6, 6.07) is 17.8. The molecule has 1 aliphatic rings. The van der Waals surface area contributed by atoms with E-state index >= 15 is 0 Å². The maximum atomic E-state index is 12.1. The van der Waals surface area contributed by atoms with Gasteiger partial charge in [-0.1, -0.05) is 35.4 Å². The Kier molecular flexibility index (Phi) is 8.18. The summed E-state index contributed by atoms with van der Waals surface area (Å²) in [5.41, 5.74) is 10.5. The van der Waals surface area contributed by atoms with Crippen molar-refractivity contribution in [3.8, 4) is 5.69 Å². The number of carbonyl (C=O) groups excluding carboxylic acids is 1. The van der Waals surface area contributed by atoms with Gasteiger partial charge in [-0.25, -0.2) is 0 Å². The fraction of sp³-hybridized carbons (Fsp3) is 0.281. The lowest BCUT2D eigenvalue weighted by Crippen LogP contribution is -2.29. The molecule has 2 N–H and O–H groups in total. The summed E-state index contributed by atoms with van der Waals surface area (Å²) in [6.45, 7) is 10.7. The molecule has 2 atom stereocenters. The predicted molar refractivity (Wildman–Crippen MR) is 169 cm³/mol. The Morgan fingerprint density at radius 3 is 2.44 bits per heavy atom. The van der Waals surface area contributed by atoms with Gasteiger partial charge in [0.05, 0.1) is 34.2 Å². The molecule has 1 aliphatic heterocycles. The number of nitrogens with zero attached hydrogens (tertiary/aromatic N) is 3.